The summed E-state index contributed by atoms with van der Waals surface area (Å²) >= 11 is 0. The number of benzene rings is 3. The van der Waals surface area contributed by atoms with E-state index in [1.165, 1.54) is 5.56 Å². The van der Waals surface area contributed by atoms with Crippen molar-refractivity contribution < 1.29 is 28.5 Å². The van der Waals surface area contributed by atoms with Gasteiger partial charge in [-0.15, -0.1) is 0 Å². The third-order valence-corrected chi connectivity index (χ3v) is 8.43. The molecule has 0 saturated carbocycles. The molecule has 1 fully saturated rings. The van der Waals surface area contributed by atoms with Crippen molar-refractivity contribution in [3.05, 3.63) is 77.9 Å². The molecule has 3 aromatic rings. The highest BCUT2D eigenvalue weighted by atomic mass is 16.6. The van der Waals surface area contributed by atoms with Crippen LogP contribution >= 0.6 is 0 Å². The minimum Gasteiger partial charge on any atom is -0.496 e. The Morgan fingerprint density at radius 1 is 0.958 bits per heavy atom. The number of hydrogen-bond donors (Lipinski definition) is 0. The third kappa shape index (κ3) is 9.48. The van der Waals surface area contributed by atoms with Crippen molar-refractivity contribution in [1.82, 2.24) is 4.90 Å². The average molecular weight is 657 g/mol. The maximum absolute atomic E-state index is 13.0. The van der Waals surface area contributed by atoms with E-state index in [1.807, 2.05) is 69.3 Å². The topological polar surface area (TPSA) is 96.7 Å². The number of nitrogens with zero attached hydrogens (tertiary/aromatic N) is 4. The van der Waals surface area contributed by atoms with Crippen molar-refractivity contribution in [2.24, 2.45) is 0 Å². The predicted molar refractivity (Wildman–Crippen MR) is 186 cm³/mol. The molecule has 2 aliphatic heterocycles. The number of para-hydroxylation sites is 1. The molecular weight excluding hydrogens is 608 g/mol. The molecule has 3 aromatic carbocycles. The molecular formula is C38H48N4O6. The van der Waals surface area contributed by atoms with Crippen molar-refractivity contribution in [1.29, 1.82) is 5.26 Å². The monoisotopic (exact) mass is 656 g/mol. The third-order valence-electron chi connectivity index (χ3n) is 8.43. The number of amides is 1. The first kappa shape index (κ1) is 34.7. The smallest absolute Gasteiger partial charge is 0.410 e. The second-order valence-electron chi connectivity index (χ2n) is 13.1. The molecule has 1 saturated heterocycles. The van der Waals surface area contributed by atoms with Crippen LogP contribution in [0, 0.1) is 11.3 Å². The fourth-order valence-electron chi connectivity index (χ4n) is 6.08. The number of piperazine rings is 1. The van der Waals surface area contributed by atoms with Crippen molar-refractivity contribution in [2.75, 3.05) is 69.5 Å². The predicted octanol–water partition coefficient (Wildman–Crippen LogP) is 6.46. The van der Waals surface area contributed by atoms with E-state index >= 15 is 0 Å². The lowest BCUT2D eigenvalue weighted by Gasteiger charge is -2.42. The summed E-state index contributed by atoms with van der Waals surface area (Å²) in [5, 5.41) is 9.32. The molecule has 1 amide bonds. The van der Waals surface area contributed by atoms with Crippen molar-refractivity contribution in [3.8, 4) is 23.3 Å². The molecule has 2 heterocycles. The van der Waals surface area contributed by atoms with E-state index in [0.29, 0.717) is 52.6 Å². The Balaban J connectivity index is 1.19. The maximum Gasteiger partial charge on any atom is 0.410 e. The number of rotatable bonds is 13. The summed E-state index contributed by atoms with van der Waals surface area (Å²) in [4.78, 5) is 19.2. The number of carbonyl (C=O) groups excluding carboxylic acids is 1. The summed E-state index contributed by atoms with van der Waals surface area (Å²) in [6.45, 7) is 10.5. The molecule has 1 atom stereocenters. The largest absolute Gasteiger partial charge is 0.496 e. The highest BCUT2D eigenvalue weighted by Gasteiger charge is 2.33. The lowest BCUT2D eigenvalue weighted by molar-refractivity contribution is 0.0201. The van der Waals surface area contributed by atoms with Crippen LogP contribution in [0.5, 0.6) is 17.2 Å². The molecule has 0 spiro atoms. The Labute approximate surface area is 284 Å². The van der Waals surface area contributed by atoms with Crippen LogP contribution in [0.25, 0.3) is 0 Å². The molecule has 0 N–H and O–H groups in total. The van der Waals surface area contributed by atoms with Crippen LogP contribution in [-0.4, -0.2) is 82.3 Å². The van der Waals surface area contributed by atoms with E-state index in [1.54, 1.807) is 12.0 Å². The number of hydrogen-bond acceptors (Lipinski definition) is 9. The van der Waals surface area contributed by atoms with Gasteiger partial charge in [0.05, 0.1) is 39.0 Å². The summed E-state index contributed by atoms with van der Waals surface area (Å²) in [5.74, 6) is 2.37. The quantitative estimate of drug-likeness (QED) is 0.152. The fourth-order valence-corrected chi connectivity index (χ4v) is 6.08. The zero-order valence-corrected chi connectivity index (χ0v) is 28.7. The minimum absolute atomic E-state index is 0.107. The van der Waals surface area contributed by atoms with Crippen molar-refractivity contribution in [3.63, 3.8) is 0 Å². The number of anilines is 2. The van der Waals surface area contributed by atoms with Crippen LogP contribution in [-0.2, 0) is 22.5 Å². The highest BCUT2D eigenvalue weighted by molar-refractivity contribution is 5.69. The van der Waals surface area contributed by atoms with Gasteiger partial charge in [0, 0.05) is 55.6 Å². The lowest BCUT2D eigenvalue weighted by atomic mass is 10.0. The molecule has 5 rings (SSSR count). The zero-order chi connectivity index (χ0) is 33.9. The molecule has 0 radical (unpaired) electrons. The number of aryl methyl sites for hydroxylation is 1. The second-order valence-corrected chi connectivity index (χ2v) is 13.1. The molecule has 10 nitrogen and oxygen atoms in total. The summed E-state index contributed by atoms with van der Waals surface area (Å²) in [6.07, 6.45) is 2.48. The van der Waals surface area contributed by atoms with Gasteiger partial charge in [-0.25, -0.2) is 4.79 Å². The van der Waals surface area contributed by atoms with E-state index in [-0.39, 0.29) is 12.1 Å². The van der Waals surface area contributed by atoms with Gasteiger partial charge in [-0.3, -0.25) is 0 Å². The lowest BCUT2D eigenvalue weighted by Crippen LogP contribution is -2.57. The Morgan fingerprint density at radius 2 is 1.75 bits per heavy atom. The maximum atomic E-state index is 13.0. The molecule has 0 aromatic heterocycles. The molecule has 10 heteroatoms. The summed E-state index contributed by atoms with van der Waals surface area (Å²) in [7, 11) is 1.67. The van der Waals surface area contributed by atoms with E-state index in [9.17, 15) is 10.1 Å². The Bertz CT molecular complexity index is 1530. The molecule has 256 valence electrons. The van der Waals surface area contributed by atoms with E-state index in [2.05, 4.69) is 34.1 Å². The Morgan fingerprint density at radius 3 is 2.52 bits per heavy atom. The summed E-state index contributed by atoms with van der Waals surface area (Å²) in [6, 6.07) is 24.3. The van der Waals surface area contributed by atoms with Crippen LogP contribution < -0.4 is 24.0 Å². The van der Waals surface area contributed by atoms with E-state index < -0.39 is 5.60 Å². The van der Waals surface area contributed by atoms with Gasteiger partial charge in [-0.1, -0.05) is 24.3 Å². The standard InChI is InChI=1S/C38H48N4O6/c1-38(2,3)48-37(43)41-21-22-42(32(26-41)28-47-34-15-12-29-10-7-19-40(20-18-39)35(29)25-34)31-13-16-33(17-14-31)46-24-8-23-45-27-30-9-5-6-11-36(30)44-4/h5-6,9,11-17,25,32H,7-8,10,19-24,26-28H2,1-4H3/t32-/m1/s1. The number of carbonyl (C=O) groups is 1. The Hall–Kier alpha value is -4.62. The van der Waals surface area contributed by atoms with Gasteiger partial charge in [-0.05, 0) is 75.6 Å². The highest BCUT2D eigenvalue weighted by Crippen LogP contribution is 2.32. The van der Waals surface area contributed by atoms with Crippen LogP contribution in [0.15, 0.2) is 66.7 Å². The Kier molecular flexibility index (Phi) is 11.9. The summed E-state index contributed by atoms with van der Waals surface area (Å²) in [5.41, 5.74) is 3.79. The SMILES string of the molecule is COc1ccccc1COCCCOc1ccc(N2CCN(C(=O)OC(C)(C)C)C[C@@H]2COc2ccc3c(c2)N(CC#N)CCC3)cc1. The number of methoxy groups -OCH3 is 1. The molecule has 0 aliphatic carbocycles. The second kappa shape index (κ2) is 16.5. The zero-order valence-electron chi connectivity index (χ0n) is 28.7. The first-order valence-electron chi connectivity index (χ1n) is 16.8. The van der Waals surface area contributed by atoms with Crippen molar-refractivity contribution >= 4 is 17.5 Å². The van der Waals surface area contributed by atoms with Crippen molar-refractivity contribution in [2.45, 2.75) is 58.3 Å². The number of nitriles is 1. The van der Waals surface area contributed by atoms with Crippen LogP contribution in [0.4, 0.5) is 16.2 Å². The molecule has 0 unspecified atom stereocenters. The van der Waals surface area contributed by atoms with Crippen LogP contribution in [0.1, 0.15) is 44.7 Å². The molecule has 2 aliphatic rings. The number of fused-ring (bicyclic) bond motifs is 1. The number of ether oxygens (including phenoxy) is 5. The fraction of sp³-hybridized carbons (Fsp3) is 0.474. The van der Waals surface area contributed by atoms with Gasteiger partial charge in [0.1, 0.15) is 36.0 Å². The van der Waals surface area contributed by atoms with Gasteiger partial charge in [0.15, 0.2) is 0 Å². The van der Waals surface area contributed by atoms with Crippen LogP contribution in [0.3, 0.4) is 0 Å². The summed E-state index contributed by atoms with van der Waals surface area (Å²) < 4.78 is 29.3. The van der Waals surface area contributed by atoms with Gasteiger partial charge >= 0.3 is 6.09 Å². The van der Waals surface area contributed by atoms with Gasteiger partial charge in [0.2, 0.25) is 0 Å². The average Bonchev–Trinajstić information content (AvgIpc) is 3.08. The van der Waals surface area contributed by atoms with Crippen LogP contribution in [0.2, 0.25) is 0 Å². The first-order chi connectivity index (χ1) is 23.2. The van der Waals surface area contributed by atoms with E-state index in [0.717, 1.165) is 60.0 Å². The van der Waals surface area contributed by atoms with E-state index in [4.69, 9.17) is 23.7 Å². The molecule has 0 bridgehead atoms. The van der Waals surface area contributed by atoms with Gasteiger partial charge in [0.25, 0.3) is 0 Å². The normalized spacial score (nSPS) is 16.1. The first-order valence-corrected chi connectivity index (χ1v) is 16.8. The minimum atomic E-state index is -0.573. The molecule has 48 heavy (non-hydrogen) atoms. The van der Waals surface area contributed by atoms with Gasteiger partial charge < -0.3 is 38.4 Å². The van der Waals surface area contributed by atoms with Gasteiger partial charge in [-0.2, -0.15) is 5.26 Å².